The van der Waals surface area contributed by atoms with E-state index in [1.807, 2.05) is 30.3 Å². The average Bonchev–Trinajstić information content (AvgIpc) is 2.98. The summed E-state index contributed by atoms with van der Waals surface area (Å²) in [6.07, 6.45) is 1.40. The zero-order valence-electron chi connectivity index (χ0n) is 12.7. The van der Waals surface area contributed by atoms with Gasteiger partial charge in [-0.3, -0.25) is 4.90 Å². The van der Waals surface area contributed by atoms with Crippen molar-refractivity contribution in [3.8, 4) is 0 Å². The number of carboxylic acids is 1. The van der Waals surface area contributed by atoms with Gasteiger partial charge in [0, 0.05) is 18.3 Å². The highest BCUT2D eigenvalue weighted by atomic mass is 16.6. The van der Waals surface area contributed by atoms with Crippen LogP contribution in [-0.2, 0) is 17.8 Å². The zero-order chi connectivity index (χ0) is 16.4. The zero-order valence-corrected chi connectivity index (χ0v) is 12.7. The van der Waals surface area contributed by atoms with Crippen LogP contribution < -0.4 is 4.90 Å². The number of nitrogens with zero attached hydrogens (tertiary/aromatic N) is 2. The number of carboxylic acid groups (broad SMARTS) is 1. The number of aromatic carboxylic acids is 1. The summed E-state index contributed by atoms with van der Waals surface area (Å²) in [6, 6.07) is 9.42. The van der Waals surface area contributed by atoms with Crippen LogP contribution in [0.2, 0.25) is 0 Å². The van der Waals surface area contributed by atoms with Gasteiger partial charge in [-0.25, -0.2) is 14.6 Å². The van der Waals surface area contributed by atoms with E-state index in [1.165, 1.54) is 11.1 Å². The molecule has 1 N–H and O–H groups in total. The van der Waals surface area contributed by atoms with Gasteiger partial charge in [-0.1, -0.05) is 30.3 Å². The Morgan fingerprint density at radius 3 is 2.74 bits per heavy atom. The molecule has 1 aliphatic heterocycles. The minimum Gasteiger partial charge on any atom is -0.478 e. The van der Waals surface area contributed by atoms with E-state index in [1.54, 1.807) is 6.92 Å². The number of ether oxygens (including phenoxy) is 1. The van der Waals surface area contributed by atoms with Gasteiger partial charge in [-0.15, -0.1) is 0 Å². The highest BCUT2D eigenvalue weighted by Gasteiger charge is 2.30. The molecular formula is C17H16N2O4. The maximum absolute atomic E-state index is 12.3. The van der Waals surface area contributed by atoms with Gasteiger partial charge in [0.2, 0.25) is 0 Å². The van der Waals surface area contributed by atoms with Crippen LogP contribution in [0.25, 0.3) is 0 Å². The predicted molar refractivity (Wildman–Crippen MR) is 83.6 cm³/mol. The number of aromatic nitrogens is 1. The van der Waals surface area contributed by atoms with Crippen molar-refractivity contribution in [2.45, 2.75) is 20.0 Å². The number of anilines is 1. The third kappa shape index (κ3) is 2.88. The van der Waals surface area contributed by atoms with E-state index in [2.05, 4.69) is 4.98 Å². The molecule has 0 unspecified atom stereocenters. The second kappa shape index (κ2) is 6.08. The normalized spacial score (nSPS) is 12.8. The lowest BCUT2D eigenvalue weighted by Gasteiger charge is -2.16. The first-order valence-electron chi connectivity index (χ1n) is 7.28. The van der Waals surface area contributed by atoms with E-state index in [0.717, 1.165) is 11.1 Å². The molecule has 0 radical (unpaired) electrons. The van der Waals surface area contributed by atoms with Crippen molar-refractivity contribution in [3.63, 3.8) is 0 Å². The molecule has 0 spiro atoms. The fourth-order valence-corrected chi connectivity index (χ4v) is 2.68. The Hall–Kier alpha value is -2.89. The number of rotatable bonds is 3. The van der Waals surface area contributed by atoms with Gasteiger partial charge >= 0.3 is 12.1 Å². The molecule has 6 heteroatoms. The van der Waals surface area contributed by atoms with E-state index < -0.39 is 12.1 Å². The van der Waals surface area contributed by atoms with Gasteiger partial charge in [-0.2, -0.15) is 0 Å². The quantitative estimate of drug-likeness (QED) is 0.942. The molecule has 1 amide bonds. The van der Waals surface area contributed by atoms with Crippen molar-refractivity contribution in [1.82, 2.24) is 4.98 Å². The first kappa shape index (κ1) is 15.0. The average molecular weight is 312 g/mol. The summed E-state index contributed by atoms with van der Waals surface area (Å²) >= 11 is 0. The highest BCUT2D eigenvalue weighted by Crippen LogP contribution is 2.30. The Kier molecular flexibility index (Phi) is 3.97. The molecule has 0 atom stereocenters. The minimum atomic E-state index is -1.01. The Bertz CT molecular complexity index is 759. The van der Waals surface area contributed by atoms with E-state index in [9.17, 15) is 9.59 Å². The van der Waals surface area contributed by atoms with Crippen LogP contribution >= 0.6 is 0 Å². The molecular weight excluding hydrogens is 296 g/mol. The Balaban J connectivity index is 1.76. The largest absolute Gasteiger partial charge is 0.478 e. The third-order valence-corrected chi connectivity index (χ3v) is 3.94. The highest BCUT2D eigenvalue weighted by molar-refractivity contribution is 5.93. The second-order valence-electron chi connectivity index (χ2n) is 5.35. The van der Waals surface area contributed by atoms with Gasteiger partial charge in [-0.05, 0) is 24.5 Å². The van der Waals surface area contributed by atoms with Crippen LogP contribution in [-0.4, -0.2) is 28.7 Å². The van der Waals surface area contributed by atoms with E-state index in [4.69, 9.17) is 9.84 Å². The SMILES string of the molecule is Cc1c(C(=O)O)cnc2c1CCN2C(=O)OCc1ccccc1. The summed E-state index contributed by atoms with van der Waals surface area (Å²) in [6.45, 7) is 2.38. The minimum absolute atomic E-state index is 0.170. The fourth-order valence-electron chi connectivity index (χ4n) is 2.68. The Morgan fingerprint density at radius 1 is 1.30 bits per heavy atom. The molecule has 6 nitrogen and oxygen atoms in total. The number of carbonyl (C=O) groups excluding carboxylic acids is 1. The van der Waals surface area contributed by atoms with Crippen molar-refractivity contribution < 1.29 is 19.4 Å². The van der Waals surface area contributed by atoms with Gasteiger partial charge in [0.25, 0.3) is 0 Å². The number of hydrogen-bond donors (Lipinski definition) is 1. The number of pyridine rings is 1. The summed E-state index contributed by atoms with van der Waals surface area (Å²) < 4.78 is 5.32. The second-order valence-corrected chi connectivity index (χ2v) is 5.35. The lowest BCUT2D eigenvalue weighted by atomic mass is 10.0. The number of benzene rings is 1. The molecule has 2 heterocycles. The third-order valence-electron chi connectivity index (χ3n) is 3.94. The monoisotopic (exact) mass is 312 g/mol. The van der Waals surface area contributed by atoms with Crippen LogP contribution in [0.4, 0.5) is 10.6 Å². The van der Waals surface area contributed by atoms with E-state index in [0.29, 0.717) is 24.3 Å². The Labute approximate surface area is 133 Å². The van der Waals surface area contributed by atoms with Crippen molar-refractivity contribution in [2.24, 2.45) is 0 Å². The molecule has 3 rings (SSSR count). The fraction of sp³-hybridized carbons (Fsp3) is 0.235. The summed E-state index contributed by atoms with van der Waals surface area (Å²) in [4.78, 5) is 29.0. The van der Waals surface area contributed by atoms with Gasteiger partial charge in [0.15, 0.2) is 0 Å². The van der Waals surface area contributed by atoms with Crippen molar-refractivity contribution >= 4 is 17.9 Å². The molecule has 0 aliphatic carbocycles. The van der Waals surface area contributed by atoms with Crippen molar-refractivity contribution in [2.75, 3.05) is 11.4 Å². The van der Waals surface area contributed by atoms with Crippen LogP contribution in [0.1, 0.15) is 27.0 Å². The summed E-state index contributed by atoms with van der Waals surface area (Å²) in [5.74, 6) is -0.520. The predicted octanol–water partition coefficient (Wildman–Crippen LogP) is 2.79. The standard InChI is InChI=1S/C17H16N2O4/c1-11-13-7-8-19(15(13)18-9-14(11)16(20)21)17(22)23-10-12-5-3-2-4-6-12/h2-6,9H,7-8,10H2,1H3,(H,20,21). The maximum Gasteiger partial charge on any atom is 0.415 e. The first-order chi connectivity index (χ1) is 11.1. The smallest absolute Gasteiger partial charge is 0.415 e. The lowest BCUT2D eigenvalue weighted by molar-refractivity contribution is 0.0695. The van der Waals surface area contributed by atoms with Gasteiger partial charge < -0.3 is 9.84 Å². The molecule has 0 bridgehead atoms. The lowest BCUT2D eigenvalue weighted by Crippen LogP contribution is -2.30. The topological polar surface area (TPSA) is 79.7 Å². The van der Waals surface area contributed by atoms with Crippen LogP contribution in [0.15, 0.2) is 36.5 Å². The van der Waals surface area contributed by atoms with Crippen molar-refractivity contribution in [1.29, 1.82) is 0 Å². The van der Waals surface area contributed by atoms with Crippen LogP contribution in [0, 0.1) is 6.92 Å². The van der Waals surface area contributed by atoms with E-state index >= 15 is 0 Å². The maximum atomic E-state index is 12.3. The van der Waals surface area contributed by atoms with Crippen LogP contribution in [0.3, 0.4) is 0 Å². The van der Waals surface area contributed by atoms with Gasteiger partial charge in [0.05, 0.1) is 5.56 Å². The molecule has 0 fully saturated rings. The molecule has 23 heavy (non-hydrogen) atoms. The molecule has 2 aromatic rings. The summed E-state index contributed by atoms with van der Waals surface area (Å²) in [5.41, 5.74) is 2.52. The number of hydrogen-bond acceptors (Lipinski definition) is 4. The molecule has 118 valence electrons. The molecule has 0 saturated carbocycles. The number of carbonyl (C=O) groups is 2. The van der Waals surface area contributed by atoms with Gasteiger partial charge in [0.1, 0.15) is 12.4 Å². The number of fused-ring (bicyclic) bond motifs is 1. The molecule has 1 aliphatic rings. The molecule has 1 aromatic carbocycles. The Morgan fingerprint density at radius 2 is 2.04 bits per heavy atom. The van der Waals surface area contributed by atoms with Crippen molar-refractivity contribution in [3.05, 3.63) is 58.8 Å². The number of amides is 1. The van der Waals surface area contributed by atoms with E-state index in [-0.39, 0.29) is 12.2 Å². The molecule has 1 aromatic heterocycles. The first-order valence-corrected chi connectivity index (χ1v) is 7.28. The molecule has 0 saturated heterocycles. The van der Waals surface area contributed by atoms with Crippen LogP contribution in [0.5, 0.6) is 0 Å². The summed E-state index contributed by atoms with van der Waals surface area (Å²) in [5, 5.41) is 9.14. The summed E-state index contributed by atoms with van der Waals surface area (Å²) in [7, 11) is 0.